The summed E-state index contributed by atoms with van der Waals surface area (Å²) in [4.78, 5) is 33.0. The van der Waals surface area contributed by atoms with Gasteiger partial charge < -0.3 is 10.0 Å². The number of amides is 1. The minimum Gasteiger partial charge on any atom is -0.478 e. The molecule has 1 aromatic rings. The number of anilines is 1. The second-order valence-electron chi connectivity index (χ2n) is 3.34. The Balaban J connectivity index is 3.37. The summed E-state index contributed by atoms with van der Waals surface area (Å²) in [5, 5.41) is 19.5. The maximum atomic E-state index is 11.1. The maximum absolute atomic E-state index is 11.1. The number of nitro benzene ring substituents is 1. The first-order chi connectivity index (χ1) is 7.84. The quantitative estimate of drug-likeness (QED) is 0.631. The molecule has 1 amide bonds. The van der Waals surface area contributed by atoms with Crippen molar-refractivity contribution >= 4 is 23.3 Å². The first kappa shape index (κ1) is 12.6. The molecule has 1 rings (SSSR count). The zero-order valence-corrected chi connectivity index (χ0v) is 9.21. The first-order valence-electron chi connectivity index (χ1n) is 4.60. The van der Waals surface area contributed by atoms with Crippen LogP contribution in [-0.2, 0) is 4.79 Å². The second kappa shape index (κ2) is 4.60. The summed E-state index contributed by atoms with van der Waals surface area (Å²) in [7, 11) is 1.38. The van der Waals surface area contributed by atoms with E-state index in [1.807, 2.05) is 0 Å². The van der Waals surface area contributed by atoms with E-state index in [9.17, 15) is 19.7 Å². The Bertz CT molecular complexity index is 497. The van der Waals surface area contributed by atoms with Crippen LogP contribution < -0.4 is 4.90 Å². The summed E-state index contributed by atoms with van der Waals surface area (Å²) in [6.45, 7) is 1.26. The van der Waals surface area contributed by atoms with Crippen LogP contribution >= 0.6 is 0 Å². The van der Waals surface area contributed by atoms with Crippen molar-refractivity contribution in [2.75, 3.05) is 11.9 Å². The van der Waals surface area contributed by atoms with Crippen molar-refractivity contribution in [2.45, 2.75) is 6.92 Å². The third-order valence-electron chi connectivity index (χ3n) is 2.25. The van der Waals surface area contributed by atoms with Crippen LogP contribution in [0.1, 0.15) is 17.3 Å². The van der Waals surface area contributed by atoms with Crippen molar-refractivity contribution in [3.8, 4) is 0 Å². The number of carbonyl (C=O) groups excluding carboxylic acids is 1. The van der Waals surface area contributed by atoms with Gasteiger partial charge in [-0.1, -0.05) is 0 Å². The van der Waals surface area contributed by atoms with Crippen LogP contribution in [-0.4, -0.2) is 29.0 Å². The molecule has 0 spiro atoms. The molecular weight excluding hydrogens is 228 g/mol. The number of aromatic carboxylic acids is 1. The van der Waals surface area contributed by atoms with Gasteiger partial charge in [-0.05, 0) is 12.1 Å². The highest BCUT2D eigenvalue weighted by Gasteiger charge is 2.21. The van der Waals surface area contributed by atoms with Crippen LogP contribution in [0.2, 0.25) is 0 Å². The number of carbonyl (C=O) groups is 2. The third kappa shape index (κ3) is 2.57. The zero-order valence-electron chi connectivity index (χ0n) is 9.21. The monoisotopic (exact) mass is 238 g/mol. The first-order valence-corrected chi connectivity index (χ1v) is 4.60. The minimum atomic E-state index is -1.26. The van der Waals surface area contributed by atoms with E-state index < -0.39 is 16.6 Å². The topological polar surface area (TPSA) is 101 Å². The Labute approximate surface area is 96.4 Å². The van der Waals surface area contributed by atoms with E-state index in [4.69, 9.17) is 5.11 Å². The molecule has 0 atom stereocenters. The molecule has 1 aromatic carbocycles. The lowest BCUT2D eigenvalue weighted by atomic mass is 10.1. The summed E-state index contributed by atoms with van der Waals surface area (Å²) in [5.74, 6) is -1.64. The number of nitro groups is 1. The molecule has 90 valence electrons. The molecule has 0 unspecified atom stereocenters. The number of nitrogens with zero attached hydrogens (tertiary/aromatic N) is 2. The van der Waals surface area contributed by atoms with Crippen molar-refractivity contribution < 1.29 is 19.6 Å². The molecule has 0 aliphatic rings. The molecule has 0 saturated carbocycles. The molecule has 7 nitrogen and oxygen atoms in total. The van der Waals surface area contributed by atoms with E-state index in [0.717, 1.165) is 11.0 Å². The van der Waals surface area contributed by atoms with E-state index in [-0.39, 0.29) is 17.2 Å². The molecular formula is C10H10N2O5. The molecule has 0 aliphatic heterocycles. The van der Waals surface area contributed by atoms with Gasteiger partial charge in [0.25, 0.3) is 5.69 Å². The molecule has 0 aliphatic carbocycles. The fourth-order valence-electron chi connectivity index (χ4n) is 1.26. The summed E-state index contributed by atoms with van der Waals surface area (Å²) in [6, 6.07) is 3.38. The molecule has 0 aromatic heterocycles. The van der Waals surface area contributed by atoms with Gasteiger partial charge in [-0.3, -0.25) is 14.9 Å². The number of carboxylic acids is 1. The number of benzene rings is 1. The van der Waals surface area contributed by atoms with Gasteiger partial charge in [-0.2, -0.15) is 0 Å². The smallest absolute Gasteiger partial charge is 0.335 e. The van der Waals surface area contributed by atoms with E-state index in [1.54, 1.807) is 0 Å². The van der Waals surface area contributed by atoms with Gasteiger partial charge in [-0.15, -0.1) is 0 Å². The van der Waals surface area contributed by atoms with Crippen molar-refractivity contribution in [3.05, 3.63) is 33.9 Å². The highest BCUT2D eigenvalue weighted by Crippen LogP contribution is 2.28. The molecule has 0 heterocycles. The lowest BCUT2D eigenvalue weighted by Crippen LogP contribution is -2.23. The lowest BCUT2D eigenvalue weighted by molar-refractivity contribution is -0.384. The molecule has 7 heteroatoms. The lowest BCUT2D eigenvalue weighted by Gasteiger charge is -2.14. The predicted molar refractivity (Wildman–Crippen MR) is 59.1 cm³/mol. The SMILES string of the molecule is CC(=O)N(C)c1ccc(C(=O)O)cc1[N+](=O)[O-]. The van der Waals surface area contributed by atoms with Crippen molar-refractivity contribution in [2.24, 2.45) is 0 Å². The second-order valence-corrected chi connectivity index (χ2v) is 3.34. The van der Waals surface area contributed by atoms with Crippen LogP contribution in [0.15, 0.2) is 18.2 Å². The number of rotatable bonds is 3. The third-order valence-corrected chi connectivity index (χ3v) is 2.25. The van der Waals surface area contributed by atoms with Gasteiger partial charge in [0.1, 0.15) is 5.69 Å². The van der Waals surface area contributed by atoms with Crippen molar-refractivity contribution in [1.82, 2.24) is 0 Å². The van der Waals surface area contributed by atoms with Crippen LogP contribution in [0.25, 0.3) is 0 Å². The van der Waals surface area contributed by atoms with Gasteiger partial charge in [0.2, 0.25) is 5.91 Å². The molecule has 0 saturated heterocycles. The molecule has 17 heavy (non-hydrogen) atoms. The summed E-state index contributed by atoms with van der Waals surface area (Å²) in [5.41, 5.74) is -0.549. The molecule has 0 bridgehead atoms. The van der Waals surface area contributed by atoms with Gasteiger partial charge >= 0.3 is 5.97 Å². The van der Waals surface area contributed by atoms with Gasteiger partial charge in [0.15, 0.2) is 0 Å². The number of hydrogen-bond donors (Lipinski definition) is 1. The largest absolute Gasteiger partial charge is 0.478 e. The Kier molecular flexibility index (Phi) is 3.42. The number of hydrogen-bond acceptors (Lipinski definition) is 4. The van der Waals surface area contributed by atoms with Gasteiger partial charge in [0, 0.05) is 20.0 Å². The van der Waals surface area contributed by atoms with Crippen LogP contribution in [0, 0.1) is 10.1 Å². The van der Waals surface area contributed by atoms with E-state index in [1.165, 1.54) is 26.1 Å². The minimum absolute atomic E-state index is 0.0625. The van der Waals surface area contributed by atoms with Gasteiger partial charge in [0.05, 0.1) is 10.5 Å². The van der Waals surface area contributed by atoms with Gasteiger partial charge in [-0.25, -0.2) is 4.79 Å². The Morgan fingerprint density at radius 3 is 2.41 bits per heavy atom. The Hall–Kier alpha value is -2.44. The summed E-state index contributed by atoms with van der Waals surface area (Å²) >= 11 is 0. The number of carboxylic acid groups (broad SMARTS) is 1. The average molecular weight is 238 g/mol. The van der Waals surface area contributed by atoms with Crippen molar-refractivity contribution in [3.63, 3.8) is 0 Å². The van der Waals surface area contributed by atoms with E-state index in [2.05, 4.69) is 0 Å². The highest BCUT2D eigenvalue weighted by atomic mass is 16.6. The zero-order chi connectivity index (χ0) is 13.2. The summed E-state index contributed by atoms with van der Waals surface area (Å²) < 4.78 is 0. The molecule has 0 radical (unpaired) electrons. The van der Waals surface area contributed by atoms with E-state index >= 15 is 0 Å². The normalized spacial score (nSPS) is 9.76. The fraction of sp³-hybridized carbons (Fsp3) is 0.200. The van der Waals surface area contributed by atoms with Crippen LogP contribution in [0.5, 0.6) is 0 Å². The standard InChI is InChI=1S/C10H10N2O5/c1-6(13)11(2)8-4-3-7(10(14)15)5-9(8)12(16)17/h3-5H,1-2H3,(H,14,15). The molecule has 1 N–H and O–H groups in total. The Morgan fingerprint density at radius 1 is 1.41 bits per heavy atom. The van der Waals surface area contributed by atoms with Crippen LogP contribution in [0.3, 0.4) is 0 Å². The van der Waals surface area contributed by atoms with Crippen molar-refractivity contribution in [1.29, 1.82) is 0 Å². The Morgan fingerprint density at radius 2 is 2.00 bits per heavy atom. The summed E-state index contributed by atoms with van der Waals surface area (Å²) in [6.07, 6.45) is 0. The highest BCUT2D eigenvalue weighted by molar-refractivity contribution is 5.95. The average Bonchev–Trinajstić information content (AvgIpc) is 2.26. The van der Waals surface area contributed by atoms with E-state index in [0.29, 0.717) is 0 Å². The predicted octanol–water partition coefficient (Wildman–Crippen LogP) is 1.28. The maximum Gasteiger partial charge on any atom is 0.335 e. The van der Waals surface area contributed by atoms with Crippen LogP contribution in [0.4, 0.5) is 11.4 Å². The fourth-order valence-corrected chi connectivity index (χ4v) is 1.26. The molecule has 0 fully saturated rings.